The molecule has 0 bridgehead atoms. The van der Waals surface area contributed by atoms with Crippen molar-refractivity contribution in [3.05, 3.63) is 44.9 Å². The fourth-order valence-corrected chi connectivity index (χ4v) is 2.70. The summed E-state index contributed by atoms with van der Waals surface area (Å²) >= 11 is 7.31. The maximum absolute atomic E-state index is 5.85. The number of rotatable bonds is 4. The molecule has 0 amide bonds. The van der Waals surface area contributed by atoms with Crippen molar-refractivity contribution in [2.24, 2.45) is 0 Å². The maximum Gasteiger partial charge on any atom is 0.140 e. The Labute approximate surface area is 117 Å². The third-order valence-electron chi connectivity index (χ3n) is 2.85. The van der Waals surface area contributed by atoms with Gasteiger partial charge < -0.3 is 4.74 Å². The number of nitrogens with zero attached hydrogens (tertiary/aromatic N) is 1. The Kier molecular flexibility index (Phi) is 4.25. The van der Waals surface area contributed by atoms with E-state index in [1.807, 2.05) is 5.38 Å². The summed E-state index contributed by atoms with van der Waals surface area (Å²) in [4.78, 5) is 4.38. The molecule has 0 saturated heterocycles. The lowest BCUT2D eigenvalue weighted by Gasteiger charge is -2.11. The van der Waals surface area contributed by atoms with Gasteiger partial charge in [-0.25, -0.2) is 4.98 Å². The molecule has 0 radical (unpaired) electrons. The molecular formula is C14H16ClNOS. The van der Waals surface area contributed by atoms with Gasteiger partial charge in [-0.05, 0) is 43.5 Å². The van der Waals surface area contributed by atoms with Crippen LogP contribution in [0.3, 0.4) is 0 Å². The fourth-order valence-electron chi connectivity index (χ4n) is 1.77. The summed E-state index contributed by atoms with van der Waals surface area (Å²) in [5.74, 6) is 1.40. The SMILES string of the molecule is Cc1cc(C)c(C)c(OCc2nc(CCl)cs2)c1. The number of hydrogen-bond acceptors (Lipinski definition) is 3. The van der Waals surface area contributed by atoms with E-state index in [4.69, 9.17) is 16.3 Å². The minimum absolute atomic E-state index is 0.457. The Hall–Kier alpha value is -1.06. The van der Waals surface area contributed by atoms with Crippen molar-refractivity contribution in [1.29, 1.82) is 0 Å². The molecule has 2 nitrogen and oxygen atoms in total. The van der Waals surface area contributed by atoms with Gasteiger partial charge in [0.25, 0.3) is 0 Å². The van der Waals surface area contributed by atoms with Crippen LogP contribution in [0.5, 0.6) is 5.75 Å². The monoisotopic (exact) mass is 281 g/mol. The van der Waals surface area contributed by atoms with Crippen molar-refractivity contribution < 1.29 is 4.74 Å². The van der Waals surface area contributed by atoms with Gasteiger partial charge in [0.15, 0.2) is 0 Å². The minimum atomic E-state index is 0.457. The van der Waals surface area contributed by atoms with Gasteiger partial charge in [-0.15, -0.1) is 22.9 Å². The molecule has 18 heavy (non-hydrogen) atoms. The van der Waals surface area contributed by atoms with E-state index >= 15 is 0 Å². The van der Waals surface area contributed by atoms with Gasteiger partial charge in [-0.2, -0.15) is 0 Å². The molecule has 0 N–H and O–H groups in total. The molecule has 0 saturated carbocycles. The van der Waals surface area contributed by atoms with Gasteiger partial charge in [0, 0.05) is 5.38 Å². The highest BCUT2D eigenvalue weighted by molar-refractivity contribution is 7.09. The highest BCUT2D eigenvalue weighted by Crippen LogP contribution is 2.24. The van der Waals surface area contributed by atoms with Gasteiger partial charge in [0.1, 0.15) is 17.4 Å². The summed E-state index contributed by atoms with van der Waals surface area (Å²) in [6, 6.07) is 4.23. The zero-order valence-electron chi connectivity index (χ0n) is 10.8. The predicted octanol–water partition coefficient (Wildman–Crippen LogP) is 4.39. The Morgan fingerprint density at radius 3 is 2.72 bits per heavy atom. The van der Waals surface area contributed by atoms with E-state index in [0.29, 0.717) is 12.5 Å². The van der Waals surface area contributed by atoms with E-state index in [9.17, 15) is 0 Å². The molecule has 2 aromatic rings. The lowest BCUT2D eigenvalue weighted by atomic mass is 10.1. The average Bonchev–Trinajstić information content (AvgIpc) is 2.80. The second-order valence-corrected chi connectivity index (χ2v) is 5.57. The van der Waals surface area contributed by atoms with Crippen LogP contribution in [0, 0.1) is 20.8 Å². The smallest absolute Gasteiger partial charge is 0.140 e. The second-order valence-electron chi connectivity index (χ2n) is 4.36. The van der Waals surface area contributed by atoms with E-state index in [1.54, 1.807) is 11.3 Å². The summed E-state index contributed by atoms with van der Waals surface area (Å²) in [7, 11) is 0. The van der Waals surface area contributed by atoms with E-state index < -0.39 is 0 Å². The van der Waals surface area contributed by atoms with Gasteiger partial charge in [-0.1, -0.05) is 6.07 Å². The van der Waals surface area contributed by atoms with E-state index in [-0.39, 0.29) is 0 Å². The molecule has 0 aliphatic rings. The number of ether oxygens (including phenoxy) is 1. The largest absolute Gasteiger partial charge is 0.486 e. The van der Waals surface area contributed by atoms with Crippen molar-refractivity contribution in [1.82, 2.24) is 4.98 Å². The summed E-state index contributed by atoms with van der Waals surface area (Å²) in [5, 5.41) is 2.93. The number of halogens is 1. The van der Waals surface area contributed by atoms with E-state index in [1.165, 1.54) is 16.7 Å². The molecule has 0 atom stereocenters. The molecular weight excluding hydrogens is 266 g/mol. The molecule has 0 spiro atoms. The molecule has 1 aromatic carbocycles. The number of hydrogen-bond donors (Lipinski definition) is 0. The molecule has 0 unspecified atom stereocenters. The average molecular weight is 282 g/mol. The summed E-state index contributed by atoms with van der Waals surface area (Å²) in [6.07, 6.45) is 0. The quantitative estimate of drug-likeness (QED) is 0.776. The topological polar surface area (TPSA) is 22.1 Å². The minimum Gasteiger partial charge on any atom is -0.486 e. The maximum atomic E-state index is 5.85. The Bertz CT molecular complexity index is 551. The van der Waals surface area contributed by atoms with E-state index in [2.05, 4.69) is 37.9 Å². The number of aromatic nitrogens is 1. The van der Waals surface area contributed by atoms with Crippen LogP contribution in [-0.4, -0.2) is 4.98 Å². The molecule has 0 aliphatic carbocycles. The number of benzene rings is 1. The number of alkyl halides is 1. The van der Waals surface area contributed by atoms with Crippen molar-refractivity contribution in [2.45, 2.75) is 33.3 Å². The van der Waals surface area contributed by atoms with Crippen LogP contribution in [0.15, 0.2) is 17.5 Å². The zero-order valence-corrected chi connectivity index (χ0v) is 12.4. The van der Waals surface area contributed by atoms with Crippen molar-refractivity contribution in [2.75, 3.05) is 0 Å². The Balaban J connectivity index is 2.10. The van der Waals surface area contributed by atoms with E-state index in [0.717, 1.165) is 16.5 Å². The standard InChI is InChI=1S/C14H16ClNOS/c1-9-4-10(2)11(3)13(5-9)17-7-14-16-12(6-15)8-18-14/h4-5,8H,6-7H2,1-3H3. The van der Waals surface area contributed by atoms with Crippen LogP contribution in [0.25, 0.3) is 0 Å². The molecule has 2 rings (SSSR count). The molecule has 96 valence electrons. The van der Waals surface area contributed by atoms with Gasteiger partial charge in [0.2, 0.25) is 0 Å². The first kappa shape index (κ1) is 13.4. The van der Waals surface area contributed by atoms with Gasteiger partial charge in [-0.3, -0.25) is 0 Å². The normalized spacial score (nSPS) is 10.7. The molecule has 1 heterocycles. The first-order valence-corrected chi connectivity index (χ1v) is 7.21. The zero-order chi connectivity index (χ0) is 13.1. The highest BCUT2D eigenvalue weighted by atomic mass is 35.5. The fraction of sp³-hybridized carbons (Fsp3) is 0.357. The molecule has 1 aromatic heterocycles. The van der Waals surface area contributed by atoms with Crippen LogP contribution in [0.1, 0.15) is 27.4 Å². The lowest BCUT2D eigenvalue weighted by Crippen LogP contribution is -1.98. The first-order valence-electron chi connectivity index (χ1n) is 5.80. The van der Waals surface area contributed by atoms with Crippen molar-refractivity contribution in [3.63, 3.8) is 0 Å². The Morgan fingerprint density at radius 1 is 1.28 bits per heavy atom. The van der Waals surface area contributed by atoms with Crippen LogP contribution in [-0.2, 0) is 12.5 Å². The lowest BCUT2D eigenvalue weighted by molar-refractivity contribution is 0.303. The van der Waals surface area contributed by atoms with Gasteiger partial charge >= 0.3 is 0 Å². The Morgan fingerprint density at radius 2 is 2.06 bits per heavy atom. The first-order chi connectivity index (χ1) is 8.60. The van der Waals surface area contributed by atoms with Gasteiger partial charge in [0.05, 0.1) is 11.6 Å². The predicted molar refractivity (Wildman–Crippen MR) is 76.7 cm³/mol. The summed E-state index contributed by atoms with van der Waals surface area (Å²) in [6.45, 7) is 6.76. The molecule has 4 heteroatoms. The van der Waals surface area contributed by atoms with Crippen LogP contribution in [0.4, 0.5) is 0 Å². The van der Waals surface area contributed by atoms with Crippen LogP contribution < -0.4 is 4.74 Å². The van der Waals surface area contributed by atoms with Crippen LogP contribution in [0.2, 0.25) is 0 Å². The second kappa shape index (κ2) is 5.72. The van der Waals surface area contributed by atoms with Crippen molar-refractivity contribution in [3.8, 4) is 5.75 Å². The number of thiazole rings is 1. The molecule has 0 fully saturated rings. The highest BCUT2D eigenvalue weighted by Gasteiger charge is 2.06. The third-order valence-corrected chi connectivity index (χ3v) is 4.00. The number of aryl methyl sites for hydroxylation is 2. The van der Waals surface area contributed by atoms with Crippen molar-refractivity contribution >= 4 is 22.9 Å². The summed E-state index contributed by atoms with van der Waals surface area (Å²) < 4.78 is 5.85. The van der Waals surface area contributed by atoms with Crippen LogP contribution >= 0.6 is 22.9 Å². The third kappa shape index (κ3) is 3.03. The molecule has 0 aliphatic heterocycles. The summed E-state index contributed by atoms with van der Waals surface area (Å²) in [5.41, 5.74) is 4.58.